The van der Waals surface area contributed by atoms with Gasteiger partial charge in [-0.15, -0.1) is 0 Å². The summed E-state index contributed by atoms with van der Waals surface area (Å²) >= 11 is 0. The summed E-state index contributed by atoms with van der Waals surface area (Å²) in [6.07, 6.45) is 0.874. The van der Waals surface area contributed by atoms with Crippen LogP contribution in [0, 0.1) is 5.82 Å². The molecule has 1 saturated heterocycles. The smallest absolute Gasteiger partial charge is 0.257 e. The van der Waals surface area contributed by atoms with Gasteiger partial charge in [-0.05, 0) is 54.8 Å². The van der Waals surface area contributed by atoms with Crippen LogP contribution < -0.4 is 15.4 Å². The minimum atomic E-state index is -0.509. The van der Waals surface area contributed by atoms with Gasteiger partial charge in [-0.25, -0.2) is 4.39 Å². The number of likely N-dealkylation sites (N-methyl/N-ethyl adjacent to an activating group) is 1. The summed E-state index contributed by atoms with van der Waals surface area (Å²) in [7, 11) is 1.73. The standard InChI is InChI=1S/C30H30FN3O5/c1-34-25-12-11-23(16-28(35)32-17-19-6-3-2-4-7-19)39-27(25)18-38-26-13-10-22(15-24(26)30(34)37)33-29(36)20-8-5-9-21(31)14-20/h2-10,13-15,23,25,27H,11-12,16-18H2,1H3,(H,32,35)(H,33,36)/t23-,25+,27-/m0/s1. The summed E-state index contributed by atoms with van der Waals surface area (Å²) < 4.78 is 25.8. The monoisotopic (exact) mass is 531 g/mol. The summed E-state index contributed by atoms with van der Waals surface area (Å²) in [4.78, 5) is 40.2. The van der Waals surface area contributed by atoms with Gasteiger partial charge in [-0.2, -0.15) is 0 Å². The number of amides is 3. The molecule has 0 unspecified atom stereocenters. The molecule has 39 heavy (non-hydrogen) atoms. The highest BCUT2D eigenvalue weighted by molar-refractivity contribution is 6.05. The minimum absolute atomic E-state index is 0.0864. The van der Waals surface area contributed by atoms with Crippen LogP contribution >= 0.6 is 0 Å². The van der Waals surface area contributed by atoms with Crippen molar-refractivity contribution in [2.45, 2.75) is 44.1 Å². The molecular formula is C30H30FN3O5. The molecule has 5 rings (SSSR count). The van der Waals surface area contributed by atoms with Gasteiger partial charge in [-0.3, -0.25) is 14.4 Å². The molecule has 0 aliphatic carbocycles. The zero-order chi connectivity index (χ0) is 27.4. The first-order valence-corrected chi connectivity index (χ1v) is 12.9. The number of carbonyl (C=O) groups excluding carboxylic acids is 3. The Kier molecular flexibility index (Phi) is 7.88. The van der Waals surface area contributed by atoms with Gasteiger partial charge in [-0.1, -0.05) is 36.4 Å². The van der Waals surface area contributed by atoms with Crippen LogP contribution in [0.3, 0.4) is 0 Å². The zero-order valence-corrected chi connectivity index (χ0v) is 21.6. The first-order valence-electron chi connectivity index (χ1n) is 12.9. The molecule has 3 atom stereocenters. The number of nitrogens with zero attached hydrogens (tertiary/aromatic N) is 1. The lowest BCUT2D eigenvalue weighted by Crippen LogP contribution is -2.53. The lowest BCUT2D eigenvalue weighted by molar-refractivity contribution is -0.134. The second-order valence-electron chi connectivity index (χ2n) is 9.81. The molecule has 3 amide bonds. The summed E-state index contributed by atoms with van der Waals surface area (Å²) in [5, 5.41) is 5.65. The van der Waals surface area contributed by atoms with Crippen molar-refractivity contribution in [3.63, 3.8) is 0 Å². The van der Waals surface area contributed by atoms with Crippen molar-refractivity contribution < 1.29 is 28.2 Å². The molecule has 202 valence electrons. The van der Waals surface area contributed by atoms with Crippen LogP contribution in [0.1, 0.15) is 45.5 Å². The molecule has 9 heteroatoms. The number of benzene rings is 3. The molecule has 0 spiro atoms. The Morgan fingerprint density at radius 2 is 1.85 bits per heavy atom. The van der Waals surface area contributed by atoms with Crippen LogP contribution in [0.15, 0.2) is 72.8 Å². The maximum absolute atomic E-state index is 13.5. The van der Waals surface area contributed by atoms with E-state index < -0.39 is 11.7 Å². The zero-order valence-electron chi connectivity index (χ0n) is 21.6. The Morgan fingerprint density at radius 1 is 1.03 bits per heavy atom. The largest absolute Gasteiger partial charge is 0.490 e. The van der Waals surface area contributed by atoms with Gasteiger partial charge in [0, 0.05) is 24.8 Å². The number of carbonyl (C=O) groups is 3. The highest BCUT2D eigenvalue weighted by Crippen LogP contribution is 2.32. The third-order valence-corrected chi connectivity index (χ3v) is 7.10. The first-order chi connectivity index (χ1) is 18.9. The third-order valence-electron chi connectivity index (χ3n) is 7.10. The molecular weight excluding hydrogens is 501 g/mol. The third kappa shape index (κ3) is 6.26. The van der Waals surface area contributed by atoms with Crippen molar-refractivity contribution in [3.05, 3.63) is 95.3 Å². The lowest BCUT2D eigenvalue weighted by Gasteiger charge is -2.42. The Labute approximate surface area is 226 Å². The molecule has 2 heterocycles. The van der Waals surface area contributed by atoms with Gasteiger partial charge >= 0.3 is 0 Å². The van der Waals surface area contributed by atoms with Crippen molar-refractivity contribution in [2.24, 2.45) is 0 Å². The molecule has 2 aliphatic heterocycles. The number of anilines is 1. The highest BCUT2D eigenvalue weighted by atomic mass is 19.1. The van der Waals surface area contributed by atoms with Gasteiger partial charge in [0.25, 0.3) is 11.8 Å². The Morgan fingerprint density at radius 3 is 2.64 bits per heavy atom. The molecule has 0 bridgehead atoms. The van der Waals surface area contributed by atoms with Gasteiger partial charge in [0.1, 0.15) is 24.3 Å². The van der Waals surface area contributed by atoms with E-state index in [4.69, 9.17) is 9.47 Å². The number of hydrogen-bond acceptors (Lipinski definition) is 5. The van der Waals surface area contributed by atoms with E-state index in [0.29, 0.717) is 36.4 Å². The van der Waals surface area contributed by atoms with E-state index in [1.807, 2.05) is 30.3 Å². The summed E-state index contributed by atoms with van der Waals surface area (Å²) in [5.41, 5.74) is 1.91. The van der Waals surface area contributed by atoms with Gasteiger partial charge in [0.15, 0.2) is 0 Å². The van der Waals surface area contributed by atoms with E-state index in [0.717, 1.165) is 11.6 Å². The quantitative estimate of drug-likeness (QED) is 0.498. The van der Waals surface area contributed by atoms with Crippen LogP contribution in [0.2, 0.25) is 0 Å². The molecule has 8 nitrogen and oxygen atoms in total. The molecule has 2 aliphatic rings. The summed E-state index contributed by atoms with van der Waals surface area (Å²) in [6.45, 7) is 0.673. The number of rotatable bonds is 6. The number of halogens is 1. The SMILES string of the molecule is CN1C(=O)c2cc(NC(=O)c3cccc(F)c3)ccc2OC[C@@H]2O[C@H](CC(=O)NCc3ccccc3)CC[C@H]21. The minimum Gasteiger partial charge on any atom is -0.490 e. The predicted octanol–water partition coefficient (Wildman–Crippen LogP) is 4.17. The van der Waals surface area contributed by atoms with E-state index in [1.54, 1.807) is 30.1 Å². The fourth-order valence-corrected chi connectivity index (χ4v) is 5.01. The van der Waals surface area contributed by atoms with E-state index >= 15 is 0 Å². The normalized spacial score (nSPS) is 20.5. The predicted molar refractivity (Wildman–Crippen MR) is 143 cm³/mol. The second kappa shape index (κ2) is 11.7. The van der Waals surface area contributed by atoms with Crippen LogP contribution in [0.4, 0.5) is 10.1 Å². The molecule has 1 fully saturated rings. The molecule has 3 aromatic carbocycles. The van der Waals surface area contributed by atoms with Gasteiger partial charge < -0.3 is 25.0 Å². The first kappa shape index (κ1) is 26.4. The Bertz CT molecular complexity index is 1370. The Hall–Kier alpha value is -4.24. The fraction of sp³-hybridized carbons (Fsp3) is 0.300. The fourth-order valence-electron chi connectivity index (χ4n) is 5.01. The molecule has 0 aromatic heterocycles. The number of ether oxygens (including phenoxy) is 2. The highest BCUT2D eigenvalue weighted by Gasteiger charge is 2.39. The number of hydrogen-bond donors (Lipinski definition) is 2. The van der Waals surface area contributed by atoms with Crippen LogP contribution in [-0.4, -0.2) is 54.5 Å². The maximum atomic E-state index is 13.5. The van der Waals surface area contributed by atoms with Crippen LogP contribution in [0.5, 0.6) is 5.75 Å². The van der Waals surface area contributed by atoms with Crippen molar-refractivity contribution in [3.8, 4) is 5.75 Å². The molecule has 0 saturated carbocycles. The second-order valence-corrected chi connectivity index (χ2v) is 9.81. The van der Waals surface area contributed by atoms with Gasteiger partial charge in [0.05, 0.1) is 24.1 Å². The summed E-state index contributed by atoms with van der Waals surface area (Å²) in [5.74, 6) is -0.965. The Balaban J connectivity index is 1.23. The van der Waals surface area contributed by atoms with E-state index in [2.05, 4.69) is 10.6 Å². The van der Waals surface area contributed by atoms with Crippen molar-refractivity contribution in [1.29, 1.82) is 0 Å². The van der Waals surface area contributed by atoms with E-state index in [-0.39, 0.29) is 48.7 Å². The lowest BCUT2D eigenvalue weighted by atomic mass is 9.94. The summed E-state index contributed by atoms with van der Waals surface area (Å²) in [6, 6.07) is 19.7. The number of nitrogens with one attached hydrogen (secondary N) is 2. The topological polar surface area (TPSA) is 97.0 Å². The molecule has 0 radical (unpaired) electrons. The van der Waals surface area contributed by atoms with Crippen molar-refractivity contribution in [2.75, 3.05) is 19.0 Å². The maximum Gasteiger partial charge on any atom is 0.257 e. The van der Waals surface area contributed by atoms with Crippen molar-refractivity contribution in [1.82, 2.24) is 10.2 Å². The van der Waals surface area contributed by atoms with E-state index in [9.17, 15) is 18.8 Å². The number of fused-ring (bicyclic) bond motifs is 2. The molecule has 2 N–H and O–H groups in total. The van der Waals surface area contributed by atoms with E-state index in [1.165, 1.54) is 18.2 Å². The van der Waals surface area contributed by atoms with Crippen LogP contribution in [0.25, 0.3) is 0 Å². The van der Waals surface area contributed by atoms with Crippen molar-refractivity contribution >= 4 is 23.4 Å². The average molecular weight is 532 g/mol. The van der Waals surface area contributed by atoms with Gasteiger partial charge in [0.2, 0.25) is 5.91 Å². The molecule has 3 aromatic rings. The van der Waals surface area contributed by atoms with Crippen LogP contribution in [-0.2, 0) is 16.1 Å². The average Bonchev–Trinajstić information content (AvgIpc) is 2.94.